The molecule has 0 atom stereocenters. The predicted molar refractivity (Wildman–Crippen MR) is 48.4 cm³/mol. The number of rotatable bonds is 1. The van der Waals surface area contributed by atoms with Crippen molar-refractivity contribution in [3.05, 3.63) is 26.6 Å². The maximum atomic E-state index is 13.1. The minimum absolute atomic E-state index is 0.460. The van der Waals surface area contributed by atoms with Gasteiger partial charge in [-0.25, -0.2) is 8.78 Å². The maximum absolute atomic E-state index is 13.1. The largest absolute Gasteiger partial charge is 0.573 e. The van der Waals surface area contributed by atoms with Gasteiger partial charge in [0.1, 0.15) is 5.82 Å². The van der Waals surface area contributed by atoms with Crippen molar-refractivity contribution < 1.29 is 26.7 Å². The molecule has 0 aliphatic carbocycles. The van der Waals surface area contributed by atoms with E-state index >= 15 is 0 Å². The topological polar surface area (TPSA) is 9.23 Å². The number of benzene rings is 1. The minimum atomic E-state index is -5.04. The molecule has 0 fully saturated rings. The first-order valence-electron chi connectivity index (χ1n) is 3.31. The van der Waals surface area contributed by atoms with Gasteiger partial charge >= 0.3 is 6.36 Å². The summed E-state index contributed by atoms with van der Waals surface area (Å²) in [5.74, 6) is -3.61. The first-order valence-corrected chi connectivity index (χ1v) is 4.89. The van der Waals surface area contributed by atoms with E-state index in [1.54, 1.807) is 0 Å². The maximum Gasteiger partial charge on any atom is 0.573 e. The summed E-state index contributed by atoms with van der Waals surface area (Å²) in [6.45, 7) is 0. The average Bonchev–Trinajstić information content (AvgIpc) is 2.07. The highest BCUT2D eigenvalue weighted by Gasteiger charge is 2.34. The summed E-state index contributed by atoms with van der Waals surface area (Å²) in [4.78, 5) is 0. The van der Waals surface area contributed by atoms with Gasteiger partial charge in [-0.05, 0) is 37.9 Å². The van der Waals surface area contributed by atoms with E-state index < -0.39 is 32.7 Å². The standard InChI is InChI=1S/C7HBr2F5O/c8-2-1-3(10)4(9)5(11)6(2)15-7(12,13)14/h1H. The lowest BCUT2D eigenvalue weighted by Crippen LogP contribution is -2.18. The van der Waals surface area contributed by atoms with Crippen molar-refractivity contribution in [3.8, 4) is 5.75 Å². The van der Waals surface area contributed by atoms with Gasteiger partial charge in [0.2, 0.25) is 0 Å². The molecule has 0 heterocycles. The van der Waals surface area contributed by atoms with Crippen molar-refractivity contribution >= 4 is 31.9 Å². The van der Waals surface area contributed by atoms with Crippen LogP contribution in [0.25, 0.3) is 0 Å². The molecule has 0 N–H and O–H groups in total. The van der Waals surface area contributed by atoms with Crippen LogP contribution in [0.3, 0.4) is 0 Å². The molecule has 0 unspecified atom stereocenters. The number of hydrogen-bond acceptors (Lipinski definition) is 1. The van der Waals surface area contributed by atoms with Crippen LogP contribution in [0.1, 0.15) is 0 Å². The Morgan fingerprint density at radius 1 is 1.13 bits per heavy atom. The summed E-state index contributed by atoms with van der Waals surface area (Å²) >= 11 is 5.01. The SMILES string of the molecule is Fc1cc(Br)c(OC(F)(F)F)c(F)c1Br. The summed E-state index contributed by atoms with van der Waals surface area (Å²) in [6, 6.07) is 0.661. The fourth-order valence-corrected chi connectivity index (χ4v) is 1.51. The van der Waals surface area contributed by atoms with Crippen LogP contribution in [0.2, 0.25) is 0 Å². The van der Waals surface area contributed by atoms with Gasteiger partial charge in [0.15, 0.2) is 11.6 Å². The number of hydrogen-bond donors (Lipinski definition) is 0. The summed E-state index contributed by atoms with van der Waals surface area (Å²) in [5, 5.41) is 0. The quantitative estimate of drug-likeness (QED) is 0.412. The van der Waals surface area contributed by atoms with E-state index in [1.807, 2.05) is 0 Å². The van der Waals surface area contributed by atoms with Crippen LogP contribution >= 0.6 is 31.9 Å². The molecule has 1 rings (SSSR count). The molecule has 1 nitrogen and oxygen atoms in total. The minimum Gasteiger partial charge on any atom is -0.401 e. The van der Waals surface area contributed by atoms with Gasteiger partial charge in [0, 0.05) is 0 Å². The van der Waals surface area contributed by atoms with Crippen molar-refractivity contribution in [2.75, 3.05) is 0 Å². The Bertz CT molecular complexity index is 390. The molecule has 0 aliphatic rings. The lowest BCUT2D eigenvalue weighted by molar-refractivity contribution is -0.275. The fraction of sp³-hybridized carbons (Fsp3) is 0.143. The van der Waals surface area contributed by atoms with Crippen LogP contribution in [-0.4, -0.2) is 6.36 Å². The summed E-state index contributed by atoms with van der Waals surface area (Å²) in [6.07, 6.45) is -5.04. The predicted octanol–water partition coefficient (Wildman–Crippen LogP) is 4.39. The fourth-order valence-electron chi connectivity index (χ4n) is 0.759. The molecule has 1 aromatic rings. The Balaban J connectivity index is 3.24. The summed E-state index contributed by atoms with van der Waals surface area (Å²) < 4.78 is 63.6. The van der Waals surface area contributed by atoms with Gasteiger partial charge < -0.3 is 4.74 Å². The third kappa shape index (κ3) is 3.04. The zero-order valence-corrected chi connectivity index (χ0v) is 9.80. The molecule has 0 saturated heterocycles. The van der Waals surface area contributed by atoms with E-state index in [2.05, 4.69) is 36.6 Å². The highest BCUT2D eigenvalue weighted by Crippen LogP contribution is 2.37. The molecule has 0 spiro atoms. The van der Waals surface area contributed by atoms with Crippen molar-refractivity contribution in [3.63, 3.8) is 0 Å². The first kappa shape index (κ1) is 12.7. The number of ether oxygens (including phenoxy) is 1. The van der Waals surface area contributed by atoms with Gasteiger partial charge in [-0.3, -0.25) is 0 Å². The van der Waals surface area contributed by atoms with Crippen molar-refractivity contribution in [2.45, 2.75) is 6.36 Å². The molecule has 0 radical (unpaired) electrons. The monoisotopic (exact) mass is 354 g/mol. The van der Waals surface area contributed by atoms with Crippen molar-refractivity contribution in [1.29, 1.82) is 0 Å². The zero-order chi connectivity index (χ0) is 11.8. The molecule has 1 aromatic carbocycles. The Morgan fingerprint density at radius 2 is 1.67 bits per heavy atom. The molecule has 0 amide bonds. The van der Waals surface area contributed by atoms with E-state index in [-0.39, 0.29) is 0 Å². The van der Waals surface area contributed by atoms with E-state index in [1.165, 1.54) is 0 Å². The lowest BCUT2D eigenvalue weighted by Gasteiger charge is -2.12. The molecule has 0 saturated carbocycles. The van der Waals surface area contributed by atoms with Gasteiger partial charge in [0.25, 0.3) is 0 Å². The first-order chi connectivity index (χ1) is 6.72. The molecule has 0 aromatic heterocycles. The Labute approximate surface area is 97.5 Å². The van der Waals surface area contributed by atoms with Crippen LogP contribution < -0.4 is 4.74 Å². The van der Waals surface area contributed by atoms with Crippen LogP contribution in [0.15, 0.2) is 15.0 Å². The third-order valence-electron chi connectivity index (χ3n) is 1.29. The Hall–Kier alpha value is -0.370. The van der Waals surface area contributed by atoms with Crippen LogP contribution in [0, 0.1) is 11.6 Å². The zero-order valence-electron chi connectivity index (χ0n) is 6.63. The molecular formula is C7HBr2F5O. The second-order valence-electron chi connectivity index (χ2n) is 2.35. The van der Waals surface area contributed by atoms with Crippen molar-refractivity contribution in [1.82, 2.24) is 0 Å². The van der Waals surface area contributed by atoms with E-state index in [4.69, 9.17) is 0 Å². The Morgan fingerprint density at radius 3 is 2.13 bits per heavy atom. The van der Waals surface area contributed by atoms with E-state index in [0.29, 0.717) is 6.07 Å². The molecule has 84 valence electrons. The number of alkyl halides is 3. The van der Waals surface area contributed by atoms with Crippen LogP contribution in [0.5, 0.6) is 5.75 Å². The van der Waals surface area contributed by atoms with Gasteiger partial charge in [0.05, 0.1) is 8.95 Å². The molecule has 8 heteroatoms. The third-order valence-corrected chi connectivity index (χ3v) is 2.61. The van der Waals surface area contributed by atoms with Gasteiger partial charge in [-0.1, -0.05) is 0 Å². The second-order valence-corrected chi connectivity index (χ2v) is 3.99. The average molecular weight is 356 g/mol. The molecule has 0 aliphatic heterocycles. The van der Waals surface area contributed by atoms with Gasteiger partial charge in [-0.2, -0.15) is 0 Å². The van der Waals surface area contributed by atoms with Crippen LogP contribution in [-0.2, 0) is 0 Å². The summed E-state index contributed by atoms with van der Waals surface area (Å²) in [7, 11) is 0. The summed E-state index contributed by atoms with van der Waals surface area (Å²) in [5.41, 5.74) is 0. The Kier molecular flexibility index (Phi) is 3.59. The van der Waals surface area contributed by atoms with Crippen LogP contribution in [0.4, 0.5) is 22.0 Å². The smallest absolute Gasteiger partial charge is 0.401 e. The van der Waals surface area contributed by atoms with E-state index in [9.17, 15) is 22.0 Å². The molecular weight excluding hydrogens is 355 g/mol. The van der Waals surface area contributed by atoms with Crippen molar-refractivity contribution in [2.24, 2.45) is 0 Å². The molecule has 0 bridgehead atoms. The van der Waals surface area contributed by atoms with Gasteiger partial charge in [-0.15, -0.1) is 13.2 Å². The second kappa shape index (κ2) is 4.25. The lowest BCUT2D eigenvalue weighted by atomic mass is 10.3. The normalized spacial score (nSPS) is 11.7. The highest BCUT2D eigenvalue weighted by molar-refractivity contribution is 9.11. The van der Waals surface area contributed by atoms with E-state index in [0.717, 1.165) is 0 Å². The molecule has 15 heavy (non-hydrogen) atoms. The highest BCUT2D eigenvalue weighted by atomic mass is 79.9. The number of halogens is 7.